The van der Waals surface area contributed by atoms with Gasteiger partial charge in [-0.3, -0.25) is 4.79 Å². The van der Waals surface area contributed by atoms with Crippen molar-refractivity contribution in [1.29, 1.82) is 0 Å². The smallest absolute Gasteiger partial charge is 0.225 e. The minimum Gasteiger partial charge on any atom is -0.341 e. The molecule has 0 bridgehead atoms. The summed E-state index contributed by atoms with van der Waals surface area (Å²) < 4.78 is 0. The number of carbonyl (C=O) groups excluding carboxylic acids is 1. The lowest BCUT2D eigenvalue weighted by Crippen LogP contribution is -2.35. The number of hydrogen-bond acceptors (Lipinski definition) is 3. The van der Waals surface area contributed by atoms with Crippen molar-refractivity contribution in [3.8, 4) is 11.8 Å². The fourth-order valence-electron chi connectivity index (χ4n) is 1.98. The van der Waals surface area contributed by atoms with Gasteiger partial charge in [-0.1, -0.05) is 18.3 Å². The van der Waals surface area contributed by atoms with E-state index in [1.54, 1.807) is 11.3 Å². The number of rotatable bonds is 3. The van der Waals surface area contributed by atoms with Crippen LogP contribution in [-0.2, 0) is 11.3 Å². The maximum absolute atomic E-state index is 12.0. The summed E-state index contributed by atoms with van der Waals surface area (Å²) >= 11 is 1.60. The first kappa shape index (κ1) is 13.1. The molecule has 1 heterocycles. The molecule has 0 aromatic carbocycles. The first-order chi connectivity index (χ1) is 8.70. The summed E-state index contributed by atoms with van der Waals surface area (Å²) in [6, 6.07) is 2.04. The fourth-order valence-corrected chi connectivity index (χ4v) is 2.75. The molecule has 4 heteroatoms. The van der Waals surface area contributed by atoms with Gasteiger partial charge in [-0.15, -0.1) is 11.3 Å². The Balaban J connectivity index is 1.92. The summed E-state index contributed by atoms with van der Waals surface area (Å²) in [4.78, 5) is 14.8. The predicted molar refractivity (Wildman–Crippen MR) is 74.1 cm³/mol. The molecule has 0 unspecified atom stereocenters. The number of nitrogens with zero attached hydrogens (tertiary/aromatic N) is 1. The van der Waals surface area contributed by atoms with E-state index in [1.807, 2.05) is 18.0 Å². The Labute approximate surface area is 112 Å². The molecule has 96 valence electrons. The van der Waals surface area contributed by atoms with E-state index in [9.17, 15) is 4.79 Å². The van der Waals surface area contributed by atoms with Gasteiger partial charge in [-0.2, -0.15) is 0 Å². The highest BCUT2D eigenvalue weighted by molar-refractivity contribution is 7.10. The van der Waals surface area contributed by atoms with Crippen LogP contribution in [0.1, 0.15) is 29.7 Å². The van der Waals surface area contributed by atoms with Crippen molar-refractivity contribution in [3.05, 3.63) is 21.9 Å². The molecule has 0 spiro atoms. The maximum atomic E-state index is 12.0. The van der Waals surface area contributed by atoms with Crippen LogP contribution >= 0.6 is 11.3 Å². The highest BCUT2D eigenvalue weighted by atomic mass is 32.1. The zero-order valence-corrected chi connectivity index (χ0v) is 11.4. The average molecular weight is 262 g/mol. The Hall–Kier alpha value is -1.31. The normalized spacial score (nSPS) is 14.6. The third-order valence-electron chi connectivity index (χ3n) is 3.22. The summed E-state index contributed by atoms with van der Waals surface area (Å²) in [5, 5.41) is 2.06. The molecule has 1 aliphatic carbocycles. The average Bonchev–Trinajstić information content (AvgIpc) is 2.71. The van der Waals surface area contributed by atoms with Gasteiger partial charge in [0, 0.05) is 19.5 Å². The van der Waals surface area contributed by atoms with Crippen molar-refractivity contribution in [2.24, 2.45) is 11.7 Å². The molecule has 1 fully saturated rings. The molecule has 1 aromatic rings. The third-order valence-corrected chi connectivity index (χ3v) is 4.11. The molecule has 1 amide bonds. The van der Waals surface area contributed by atoms with Crippen LogP contribution in [0.4, 0.5) is 0 Å². The zero-order valence-electron chi connectivity index (χ0n) is 10.6. The van der Waals surface area contributed by atoms with Crippen LogP contribution in [0.2, 0.25) is 0 Å². The standard InChI is InChI=1S/C14H18N2OS/c1-16(14(17)12-4-2-5-12)9-11-8-13(18-10-11)6-3-7-15/h8,10,12H,2,4-5,7,9,15H2,1H3. The third kappa shape index (κ3) is 3.12. The molecule has 1 saturated carbocycles. The van der Waals surface area contributed by atoms with Crippen LogP contribution < -0.4 is 5.73 Å². The van der Waals surface area contributed by atoms with Gasteiger partial charge in [0.15, 0.2) is 0 Å². The lowest BCUT2D eigenvalue weighted by molar-refractivity contribution is -0.137. The predicted octanol–water partition coefficient (Wildman–Crippen LogP) is 1.82. The van der Waals surface area contributed by atoms with Gasteiger partial charge in [0.2, 0.25) is 5.91 Å². The maximum Gasteiger partial charge on any atom is 0.225 e. The van der Waals surface area contributed by atoms with Gasteiger partial charge in [0.05, 0.1) is 11.4 Å². The monoisotopic (exact) mass is 262 g/mol. The molecule has 0 radical (unpaired) electrons. The number of carbonyl (C=O) groups is 1. The van der Waals surface area contributed by atoms with Crippen LogP contribution in [0.3, 0.4) is 0 Å². The van der Waals surface area contributed by atoms with E-state index in [4.69, 9.17) is 5.73 Å². The van der Waals surface area contributed by atoms with Crippen LogP contribution in [0, 0.1) is 17.8 Å². The number of thiophene rings is 1. The minimum atomic E-state index is 0.269. The molecule has 2 N–H and O–H groups in total. The molecule has 0 saturated heterocycles. The molecule has 1 aromatic heterocycles. The van der Waals surface area contributed by atoms with E-state index >= 15 is 0 Å². The first-order valence-electron chi connectivity index (χ1n) is 6.22. The second-order valence-electron chi connectivity index (χ2n) is 4.65. The number of hydrogen-bond donors (Lipinski definition) is 1. The van der Waals surface area contributed by atoms with Gasteiger partial charge < -0.3 is 10.6 Å². The molecule has 0 atom stereocenters. The van der Waals surface area contributed by atoms with Crippen LogP contribution in [0.5, 0.6) is 0 Å². The summed E-state index contributed by atoms with van der Waals surface area (Å²) in [6.45, 7) is 1.06. The summed E-state index contributed by atoms with van der Waals surface area (Å²) in [7, 11) is 1.88. The molecule has 18 heavy (non-hydrogen) atoms. The Kier molecular flexibility index (Phi) is 4.40. The van der Waals surface area contributed by atoms with Crippen molar-refractivity contribution < 1.29 is 4.79 Å². The van der Waals surface area contributed by atoms with E-state index in [2.05, 4.69) is 17.2 Å². The van der Waals surface area contributed by atoms with Gasteiger partial charge >= 0.3 is 0 Å². The van der Waals surface area contributed by atoms with Crippen molar-refractivity contribution in [2.45, 2.75) is 25.8 Å². The summed E-state index contributed by atoms with van der Waals surface area (Å²) in [5.74, 6) is 6.40. The van der Waals surface area contributed by atoms with Crippen molar-refractivity contribution in [1.82, 2.24) is 4.90 Å². The molecular formula is C14H18N2OS. The Morgan fingerprint density at radius 2 is 2.39 bits per heavy atom. The molecular weight excluding hydrogens is 244 g/mol. The topological polar surface area (TPSA) is 46.3 Å². The second kappa shape index (κ2) is 6.03. The second-order valence-corrected chi connectivity index (χ2v) is 5.56. The van der Waals surface area contributed by atoms with Crippen molar-refractivity contribution >= 4 is 17.2 Å². The van der Waals surface area contributed by atoms with Crippen molar-refractivity contribution in [2.75, 3.05) is 13.6 Å². The van der Waals surface area contributed by atoms with E-state index in [0.29, 0.717) is 13.1 Å². The summed E-state index contributed by atoms with van der Waals surface area (Å²) in [6.07, 6.45) is 3.31. The fraction of sp³-hybridized carbons (Fsp3) is 0.500. The number of amides is 1. The van der Waals surface area contributed by atoms with E-state index in [-0.39, 0.29) is 11.8 Å². The molecule has 2 rings (SSSR count). The lowest BCUT2D eigenvalue weighted by Gasteiger charge is -2.29. The quantitative estimate of drug-likeness (QED) is 0.845. The van der Waals surface area contributed by atoms with Gasteiger partial charge in [0.1, 0.15) is 0 Å². The van der Waals surface area contributed by atoms with E-state index in [1.165, 1.54) is 6.42 Å². The molecule has 1 aliphatic rings. The Morgan fingerprint density at radius 1 is 1.61 bits per heavy atom. The Morgan fingerprint density at radius 3 is 3.00 bits per heavy atom. The Bertz CT molecular complexity index is 479. The van der Waals surface area contributed by atoms with Crippen LogP contribution in [0.25, 0.3) is 0 Å². The highest BCUT2D eigenvalue weighted by Crippen LogP contribution is 2.28. The molecule has 0 aliphatic heterocycles. The van der Waals surface area contributed by atoms with Gasteiger partial charge in [-0.25, -0.2) is 0 Å². The lowest BCUT2D eigenvalue weighted by atomic mass is 9.84. The number of nitrogens with two attached hydrogens (primary N) is 1. The SMILES string of the molecule is CN(Cc1csc(C#CCN)c1)C(=O)C1CCC1. The van der Waals surface area contributed by atoms with Gasteiger partial charge in [0.25, 0.3) is 0 Å². The highest BCUT2D eigenvalue weighted by Gasteiger charge is 2.27. The van der Waals surface area contributed by atoms with Gasteiger partial charge in [-0.05, 0) is 29.9 Å². The zero-order chi connectivity index (χ0) is 13.0. The first-order valence-corrected chi connectivity index (χ1v) is 7.10. The van der Waals surface area contributed by atoms with Crippen LogP contribution in [0.15, 0.2) is 11.4 Å². The summed E-state index contributed by atoms with van der Waals surface area (Å²) in [5.41, 5.74) is 6.49. The molecule has 3 nitrogen and oxygen atoms in total. The largest absolute Gasteiger partial charge is 0.341 e. The van der Waals surface area contributed by atoms with E-state index in [0.717, 1.165) is 23.3 Å². The van der Waals surface area contributed by atoms with Crippen LogP contribution in [-0.4, -0.2) is 24.4 Å². The van der Waals surface area contributed by atoms with E-state index < -0.39 is 0 Å². The van der Waals surface area contributed by atoms with Crippen molar-refractivity contribution in [3.63, 3.8) is 0 Å². The minimum absolute atomic E-state index is 0.269.